The Kier molecular flexibility index (Phi) is 4.77. The van der Waals surface area contributed by atoms with Gasteiger partial charge in [0.1, 0.15) is 0 Å². The van der Waals surface area contributed by atoms with Crippen molar-refractivity contribution >= 4 is 5.91 Å². The third-order valence-electron chi connectivity index (χ3n) is 1.71. The first-order chi connectivity index (χ1) is 5.63. The van der Waals surface area contributed by atoms with E-state index >= 15 is 0 Å². The number of nitrogens with two attached hydrogens (primary N) is 1. The molecule has 0 rings (SSSR count). The topological polar surface area (TPSA) is 43.1 Å². The van der Waals surface area contributed by atoms with E-state index in [1.165, 1.54) is 0 Å². The van der Waals surface area contributed by atoms with Gasteiger partial charge in [0.15, 0.2) is 0 Å². The molecule has 0 radical (unpaired) electrons. The molecule has 0 aromatic carbocycles. The highest BCUT2D eigenvalue weighted by molar-refractivity contribution is 5.91. The van der Waals surface area contributed by atoms with Gasteiger partial charge in [-0.1, -0.05) is 18.7 Å². The van der Waals surface area contributed by atoms with Crippen molar-refractivity contribution in [1.82, 2.24) is 0 Å². The first kappa shape index (κ1) is 10.7. The normalized spacial score (nSPS) is 9.42. The molecule has 0 bridgehead atoms. The molecule has 0 heterocycles. The fraction of sp³-hybridized carbons (Fsp3) is 0.300. The number of allylic oxidation sites excluding steroid dienone is 2. The maximum absolute atomic E-state index is 10.7. The maximum Gasteiger partial charge on any atom is 0.244 e. The van der Waals surface area contributed by atoms with Crippen molar-refractivity contribution in [2.24, 2.45) is 11.7 Å². The minimum atomic E-state index is -0.441. The van der Waals surface area contributed by atoms with Gasteiger partial charge in [-0.3, -0.25) is 4.79 Å². The van der Waals surface area contributed by atoms with Gasteiger partial charge in [-0.05, 0) is 18.8 Å². The predicted molar refractivity (Wildman–Crippen MR) is 51.5 cm³/mol. The molecule has 0 aliphatic carbocycles. The average Bonchev–Trinajstić information content (AvgIpc) is 2.03. The van der Waals surface area contributed by atoms with Crippen LogP contribution in [0.2, 0.25) is 0 Å². The van der Waals surface area contributed by atoms with Crippen molar-refractivity contribution in [2.45, 2.75) is 12.8 Å². The Hall–Kier alpha value is -1.31. The van der Waals surface area contributed by atoms with Crippen molar-refractivity contribution in [2.75, 3.05) is 0 Å². The van der Waals surface area contributed by atoms with Crippen LogP contribution in [0.5, 0.6) is 0 Å². The van der Waals surface area contributed by atoms with Gasteiger partial charge >= 0.3 is 0 Å². The molecule has 0 saturated carbocycles. The third-order valence-corrected chi connectivity index (χ3v) is 1.71. The maximum atomic E-state index is 10.7. The van der Waals surface area contributed by atoms with Crippen molar-refractivity contribution in [3.05, 3.63) is 37.5 Å². The van der Waals surface area contributed by atoms with Crippen LogP contribution in [0.25, 0.3) is 0 Å². The summed E-state index contributed by atoms with van der Waals surface area (Å²) in [5.41, 5.74) is 5.54. The van der Waals surface area contributed by atoms with Crippen LogP contribution in [-0.4, -0.2) is 5.91 Å². The Morgan fingerprint density at radius 2 is 1.75 bits per heavy atom. The molecule has 0 atom stereocenters. The molecule has 0 spiro atoms. The van der Waals surface area contributed by atoms with Crippen molar-refractivity contribution in [1.29, 1.82) is 0 Å². The monoisotopic (exact) mass is 165 g/mol. The minimum absolute atomic E-state index is 0.0671. The second kappa shape index (κ2) is 5.35. The molecule has 0 aliphatic rings. The van der Waals surface area contributed by atoms with E-state index in [2.05, 4.69) is 19.7 Å². The van der Waals surface area contributed by atoms with Gasteiger partial charge in [-0.25, -0.2) is 0 Å². The lowest BCUT2D eigenvalue weighted by Gasteiger charge is -2.12. The van der Waals surface area contributed by atoms with Gasteiger partial charge in [0.05, 0.1) is 0 Å². The third kappa shape index (κ3) is 3.19. The lowest BCUT2D eigenvalue weighted by atomic mass is 9.93. The molecule has 0 aromatic rings. The lowest BCUT2D eigenvalue weighted by Crippen LogP contribution is -2.19. The standard InChI is InChI=1S/C10H15NO/c1-4-6-9(7-5-2)8(3)10(11)12/h4-5,9H,1-3,6-7H2,(H2,11,12). The summed E-state index contributed by atoms with van der Waals surface area (Å²) in [7, 11) is 0. The van der Waals surface area contributed by atoms with Gasteiger partial charge in [-0.2, -0.15) is 0 Å². The van der Waals surface area contributed by atoms with Crippen LogP contribution in [-0.2, 0) is 4.79 Å². The average molecular weight is 165 g/mol. The second-order valence-electron chi connectivity index (χ2n) is 2.64. The van der Waals surface area contributed by atoms with E-state index in [4.69, 9.17) is 5.73 Å². The highest BCUT2D eigenvalue weighted by Crippen LogP contribution is 2.18. The number of amides is 1. The van der Waals surface area contributed by atoms with E-state index in [-0.39, 0.29) is 5.92 Å². The SMILES string of the molecule is C=CCC(CC=C)C(=C)C(N)=O. The fourth-order valence-corrected chi connectivity index (χ4v) is 0.984. The Bertz CT molecular complexity index is 196. The van der Waals surface area contributed by atoms with Crippen LogP contribution in [0.15, 0.2) is 37.5 Å². The highest BCUT2D eigenvalue weighted by atomic mass is 16.1. The molecular formula is C10H15NO. The smallest absolute Gasteiger partial charge is 0.244 e. The fourth-order valence-electron chi connectivity index (χ4n) is 0.984. The molecule has 2 N–H and O–H groups in total. The molecule has 12 heavy (non-hydrogen) atoms. The van der Waals surface area contributed by atoms with E-state index in [0.29, 0.717) is 18.4 Å². The number of carbonyl (C=O) groups is 1. The zero-order chi connectivity index (χ0) is 9.56. The van der Waals surface area contributed by atoms with E-state index in [9.17, 15) is 4.79 Å². The highest BCUT2D eigenvalue weighted by Gasteiger charge is 2.13. The Morgan fingerprint density at radius 1 is 1.33 bits per heavy atom. The first-order valence-electron chi connectivity index (χ1n) is 3.83. The van der Waals surface area contributed by atoms with Crippen molar-refractivity contribution in [3.63, 3.8) is 0 Å². The molecule has 0 saturated heterocycles. The van der Waals surface area contributed by atoms with Gasteiger partial charge in [-0.15, -0.1) is 13.2 Å². The molecule has 0 aromatic heterocycles. The van der Waals surface area contributed by atoms with E-state index in [1.54, 1.807) is 12.2 Å². The summed E-state index contributed by atoms with van der Waals surface area (Å²) in [6.07, 6.45) is 4.94. The van der Waals surface area contributed by atoms with Crippen LogP contribution in [0, 0.1) is 5.92 Å². The summed E-state index contributed by atoms with van der Waals surface area (Å²) >= 11 is 0. The Morgan fingerprint density at radius 3 is 2.00 bits per heavy atom. The summed E-state index contributed by atoms with van der Waals surface area (Å²) in [5.74, 6) is -0.374. The minimum Gasteiger partial charge on any atom is -0.366 e. The van der Waals surface area contributed by atoms with Crippen LogP contribution in [0.4, 0.5) is 0 Å². The molecule has 0 fully saturated rings. The zero-order valence-corrected chi connectivity index (χ0v) is 7.25. The summed E-state index contributed by atoms with van der Waals surface area (Å²) in [5, 5.41) is 0. The second-order valence-corrected chi connectivity index (χ2v) is 2.64. The molecular weight excluding hydrogens is 150 g/mol. The van der Waals surface area contributed by atoms with Crippen LogP contribution in [0.1, 0.15) is 12.8 Å². The van der Waals surface area contributed by atoms with E-state index in [0.717, 1.165) is 0 Å². The van der Waals surface area contributed by atoms with Gasteiger partial charge < -0.3 is 5.73 Å². The molecule has 2 heteroatoms. The van der Waals surface area contributed by atoms with Crippen LogP contribution in [0.3, 0.4) is 0 Å². The summed E-state index contributed by atoms with van der Waals surface area (Å²) in [6.45, 7) is 10.8. The molecule has 0 aliphatic heterocycles. The van der Waals surface area contributed by atoms with Crippen LogP contribution < -0.4 is 5.73 Å². The molecule has 0 unspecified atom stereocenters. The van der Waals surface area contributed by atoms with Crippen molar-refractivity contribution in [3.8, 4) is 0 Å². The molecule has 2 nitrogen and oxygen atoms in total. The van der Waals surface area contributed by atoms with E-state index < -0.39 is 5.91 Å². The summed E-state index contributed by atoms with van der Waals surface area (Å²) < 4.78 is 0. The van der Waals surface area contributed by atoms with Gasteiger partial charge in [0.25, 0.3) is 0 Å². The van der Waals surface area contributed by atoms with Gasteiger partial charge in [0, 0.05) is 5.57 Å². The van der Waals surface area contributed by atoms with Crippen LogP contribution >= 0.6 is 0 Å². The largest absolute Gasteiger partial charge is 0.366 e. The Balaban J connectivity index is 4.26. The number of primary amides is 1. The summed E-state index contributed by atoms with van der Waals surface area (Å²) in [6, 6.07) is 0. The predicted octanol–water partition coefficient (Wildman–Crippen LogP) is 1.80. The molecule has 66 valence electrons. The first-order valence-corrected chi connectivity index (χ1v) is 3.83. The zero-order valence-electron chi connectivity index (χ0n) is 7.25. The quantitative estimate of drug-likeness (QED) is 0.473. The van der Waals surface area contributed by atoms with E-state index in [1.807, 2.05) is 0 Å². The number of rotatable bonds is 6. The van der Waals surface area contributed by atoms with Gasteiger partial charge in [0.2, 0.25) is 5.91 Å². The number of carbonyl (C=O) groups excluding carboxylic acids is 1. The number of hydrogen-bond donors (Lipinski definition) is 1. The number of hydrogen-bond acceptors (Lipinski definition) is 1. The summed E-state index contributed by atoms with van der Waals surface area (Å²) in [4.78, 5) is 10.7. The molecule has 1 amide bonds. The lowest BCUT2D eigenvalue weighted by molar-refractivity contribution is -0.115. The van der Waals surface area contributed by atoms with Crippen molar-refractivity contribution < 1.29 is 4.79 Å². The Labute approximate surface area is 73.5 Å².